The highest BCUT2D eigenvalue weighted by Crippen LogP contribution is 2.20. The third-order valence-electron chi connectivity index (χ3n) is 9.55. The van der Waals surface area contributed by atoms with E-state index >= 15 is 0 Å². The maximum atomic E-state index is 13.1. The molecule has 2 heterocycles. The van der Waals surface area contributed by atoms with Gasteiger partial charge in [-0.2, -0.15) is 8.61 Å². The molecule has 0 unspecified atom stereocenters. The number of sulfonamides is 2. The van der Waals surface area contributed by atoms with E-state index in [1.54, 1.807) is 72.8 Å². The van der Waals surface area contributed by atoms with Crippen molar-refractivity contribution in [1.82, 2.24) is 18.7 Å². The average Bonchev–Trinajstić information content (AvgIpc) is 3.27. The molecule has 0 radical (unpaired) electrons. The summed E-state index contributed by atoms with van der Waals surface area (Å²) in [4.78, 5) is 26.0. The number of amides is 2. The zero-order valence-electron chi connectivity index (χ0n) is 32.4. The van der Waals surface area contributed by atoms with Crippen molar-refractivity contribution in [2.45, 2.75) is 12.1 Å². The van der Waals surface area contributed by atoms with Gasteiger partial charge in [0.2, 0.25) is 32.9 Å². The van der Waals surface area contributed by atoms with Crippen LogP contribution < -0.4 is 9.80 Å². The number of piperazine rings is 2. The lowest BCUT2D eigenvalue weighted by Gasteiger charge is -2.36. The van der Waals surface area contributed by atoms with Crippen LogP contribution in [0, 0.1) is 35.3 Å². The number of nitrogens with zero attached hydrogens (tertiary/aromatic N) is 6. The molecule has 2 atom stereocenters. The van der Waals surface area contributed by atoms with Crippen molar-refractivity contribution >= 4 is 44.2 Å². The maximum absolute atomic E-state index is 13.1. The van der Waals surface area contributed by atoms with E-state index in [-0.39, 0.29) is 60.8 Å². The maximum Gasteiger partial charge on any atom is 0.234 e. The van der Waals surface area contributed by atoms with Crippen molar-refractivity contribution in [2.24, 2.45) is 0 Å². The van der Waals surface area contributed by atoms with Gasteiger partial charge < -0.3 is 9.80 Å². The van der Waals surface area contributed by atoms with Gasteiger partial charge in [0.15, 0.2) is 0 Å². The summed E-state index contributed by atoms with van der Waals surface area (Å²) >= 11 is 0. The van der Waals surface area contributed by atoms with E-state index in [1.807, 2.05) is 21.9 Å². The zero-order chi connectivity index (χ0) is 43.1. The van der Waals surface area contributed by atoms with Crippen molar-refractivity contribution in [3.63, 3.8) is 0 Å². The molecular formula is C42H44F2N6O8S2. The largest absolute Gasteiger partial charge is 0.369 e. The van der Waals surface area contributed by atoms with Gasteiger partial charge in [-0.15, -0.1) is 0 Å². The first-order valence-corrected chi connectivity index (χ1v) is 21.9. The first kappa shape index (κ1) is 45.2. The number of hydrogen-bond donors (Lipinski definition) is 2. The summed E-state index contributed by atoms with van der Waals surface area (Å²) in [6.07, 6.45) is 0.290. The standard InChI is InChI=1S/2C21H22FN3O4S/c2*22-19-7-10-20(11-8-19)23-12-14-24(15-13-23)30(28,29)16-21(25(27)17-26)9-6-18-4-2-1-3-5-18/h2*1-5,7-8,10-11,17,21,27H,12-16H2/t2*21-/m10/s1. The molecule has 2 saturated heterocycles. The summed E-state index contributed by atoms with van der Waals surface area (Å²) in [5, 5.41) is 20.2. The summed E-state index contributed by atoms with van der Waals surface area (Å²) in [5.74, 6) is 9.22. The second kappa shape index (κ2) is 21.4. The molecule has 4 aromatic carbocycles. The van der Waals surface area contributed by atoms with E-state index in [9.17, 15) is 45.6 Å². The van der Waals surface area contributed by atoms with Gasteiger partial charge in [-0.1, -0.05) is 60.1 Å². The SMILES string of the molecule is O=CN(O)[C@@H](C#Cc1ccccc1)CS(=O)(=O)N1CCN(c2ccc(F)cc2)CC1.O=CN(O)[C@H](C#Cc1ccccc1)CS(=O)(=O)N1CCN(c2ccc(F)cc2)CC1. The molecule has 4 aromatic rings. The molecule has 0 saturated carbocycles. The Bertz CT molecular complexity index is 2190. The zero-order valence-corrected chi connectivity index (χ0v) is 34.0. The van der Waals surface area contributed by atoms with Crippen LogP contribution in [0.15, 0.2) is 109 Å². The summed E-state index contributed by atoms with van der Waals surface area (Å²) in [7, 11) is -7.54. The smallest absolute Gasteiger partial charge is 0.234 e. The highest BCUT2D eigenvalue weighted by molar-refractivity contribution is 7.89. The van der Waals surface area contributed by atoms with Crippen LogP contribution in [-0.2, 0) is 29.6 Å². The molecule has 14 nitrogen and oxygen atoms in total. The van der Waals surface area contributed by atoms with Crippen LogP contribution in [0.3, 0.4) is 0 Å². The number of halogens is 2. The van der Waals surface area contributed by atoms with Crippen molar-refractivity contribution in [3.8, 4) is 23.7 Å². The Morgan fingerprint density at radius 2 is 0.850 bits per heavy atom. The molecule has 2 aliphatic rings. The highest BCUT2D eigenvalue weighted by Gasteiger charge is 2.32. The quantitative estimate of drug-likeness (QED) is 0.0938. The van der Waals surface area contributed by atoms with Crippen LogP contribution in [0.5, 0.6) is 0 Å². The fraction of sp³-hybridized carbons (Fsp3) is 0.286. The monoisotopic (exact) mass is 862 g/mol. The molecule has 2 N–H and O–H groups in total. The molecule has 18 heteroatoms. The molecule has 316 valence electrons. The summed E-state index contributed by atoms with van der Waals surface area (Å²) in [6, 6.07) is 27.5. The minimum atomic E-state index is -3.77. The fourth-order valence-corrected chi connectivity index (χ4v) is 9.39. The molecule has 2 fully saturated rings. The second-order valence-corrected chi connectivity index (χ2v) is 17.6. The predicted molar refractivity (Wildman–Crippen MR) is 222 cm³/mol. The molecule has 2 amide bonds. The average molecular weight is 863 g/mol. The minimum Gasteiger partial charge on any atom is -0.369 e. The van der Waals surface area contributed by atoms with Crippen LogP contribution in [-0.4, -0.2) is 135 Å². The van der Waals surface area contributed by atoms with Crippen LogP contribution in [0.2, 0.25) is 0 Å². The highest BCUT2D eigenvalue weighted by atomic mass is 32.2. The lowest BCUT2D eigenvalue weighted by atomic mass is 10.2. The van der Waals surface area contributed by atoms with Crippen LogP contribution >= 0.6 is 0 Å². The first-order chi connectivity index (χ1) is 28.8. The van der Waals surface area contributed by atoms with E-state index in [1.165, 1.54) is 32.9 Å². The van der Waals surface area contributed by atoms with Crippen LogP contribution in [0.25, 0.3) is 0 Å². The Labute approximate surface area is 348 Å². The molecule has 60 heavy (non-hydrogen) atoms. The van der Waals surface area contributed by atoms with Gasteiger partial charge in [-0.3, -0.25) is 20.0 Å². The number of hydroxylamine groups is 4. The summed E-state index contributed by atoms with van der Waals surface area (Å²) in [5.41, 5.74) is 2.93. The normalized spacial score (nSPS) is 15.7. The van der Waals surface area contributed by atoms with Crippen molar-refractivity contribution in [3.05, 3.63) is 132 Å². The van der Waals surface area contributed by atoms with Gasteiger partial charge in [0, 0.05) is 74.9 Å². The second-order valence-electron chi connectivity index (χ2n) is 13.6. The van der Waals surface area contributed by atoms with Crippen molar-refractivity contribution < 1.29 is 45.6 Å². The molecular weight excluding hydrogens is 819 g/mol. The number of rotatable bonds is 12. The summed E-state index contributed by atoms with van der Waals surface area (Å²) in [6.45, 7) is 2.75. The number of carbonyl (C=O) groups excluding carboxylic acids is 2. The third kappa shape index (κ3) is 13.1. The van der Waals surface area contributed by atoms with Gasteiger partial charge in [-0.25, -0.2) is 35.7 Å². The van der Waals surface area contributed by atoms with E-state index in [0.29, 0.717) is 37.3 Å². The van der Waals surface area contributed by atoms with Gasteiger partial charge in [0.25, 0.3) is 0 Å². The number of carbonyl (C=O) groups is 2. The van der Waals surface area contributed by atoms with Gasteiger partial charge in [0.05, 0.1) is 11.5 Å². The molecule has 0 spiro atoms. The number of hydrogen-bond acceptors (Lipinski definition) is 10. The Balaban J connectivity index is 0.000000228. The van der Waals surface area contributed by atoms with E-state index in [2.05, 4.69) is 23.7 Å². The Kier molecular flexibility index (Phi) is 16.1. The number of anilines is 2. The molecule has 0 aliphatic carbocycles. The molecule has 0 bridgehead atoms. The predicted octanol–water partition coefficient (Wildman–Crippen LogP) is 3.09. The van der Waals surface area contributed by atoms with Crippen molar-refractivity contribution in [2.75, 3.05) is 73.7 Å². The van der Waals surface area contributed by atoms with Crippen molar-refractivity contribution in [1.29, 1.82) is 0 Å². The van der Waals surface area contributed by atoms with Crippen LogP contribution in [0.4, 0.5) is 20.2 Å². The Morgan fingerprint density at radius 1 is 0.533 bits per heavy atom. The van der Waals surface area contributed by atoms with E-state index in [0.717, 1.165) is 11.4 Å². The van der Waals surface area contributed by atoms with E-state index < -0.39 is 43.6 Å². The Hall–Kier alpha value is -5.86. The topological polar surface area (TPSA) is 162 Å². The Morgan fingerprint density at radius 3 is 1.15 bits per heavy atom. The summed E-state index contributed by atoms with van der Waals surface area (Å²) < 4.78 is 80.2. The van der Waals surface area contributed by atoms with Gasteiger partial charge >= 0.3 is 0 Å². The minimum absolute atomic E-state index is 0.145. The molecule has 2 aliphatic heterocycles. The van der Waals surface area contributed by atoms with Gasteiger partial charge in [0.1, 0.15) is 23.7 Å². The number of benzene rings is 4. The first-order valence-electron chi connectivity index (χ1n) is 18.7. The lowest BCUT2D eigenvalue weighted by Crippen LogP contribution is -2.51. The van der Waals surface area contributed by atoms with Gasteiger partial charge in [-0.05, 0) is 72.8 Å². The van der Waals surface area contributed by atoms with Crippen LogP contribution in [0.1, 0.15) is 11.1 Å². The molecule has 0 aromatic heterocycles. The lowest BCUT2D eigenvalue weighted by molar-refractivity contribution is -0.153. The third-order valence-corrected chi connectivity index (χ3v) is 13.3. The molecule has 6 rings (SSSR count). The fourth-order valence-electron chi connectivity index (χ4n) is 6.25. The van der Waals surface area contributed by atoms with E-state index in [4.69, 9.17) is 0 Å².